The van der Waals surface area contributed by atoms with Crippen LogP contribution in [0.3, 0.4) is 0 Å². The molecular weight excluding hydrogens is 449 g/mol. The topological polar surface area (TPSA) is 0 Å². The minimum Gasteiger partial charge on any atom is -0.343 e. The van der Waals surface area contributed by atoms with Gasteiger partial charge in [0.25, 0.3) is 0 Å². The van der Waals surface area contributed by atoms with E-state index in [1.54, 1.807) is 0 Å². The van der Waals surface area contributed by atoms with Gasteiger partial charge in [-0.3, -0.25) is 0 Å². The van der Waals surface area contributed by atoms with Gasteiger partial charge in [-0.1, -0.05) is 94.2 Å². The van der Waals surface area contributed by atoms with E-state index in [1.807, 2.05) is 0 Å². The fourth-order valence-corrected chi connectivity index (χ4v) is 4.56. The summed E-state index contributed by atoms with van der Waals surface area (Å²) in [6.45, 7) is 30.0. The largest absolute Gasteiger partial charge is 0.343 e. The fraction of sp³-hybridized carbons (Fsp3) is 0.567. The molecule has 0 N–H and O–H groups in total. The quantitative estimate of drug-likeness (QED) is 0.264. The van der Waals surface area contributed by atoms with E-state index in [0.29, 0.717) is 0 Å². The summed E-state index contributed by atoms with van der Waals surface area (Å²) in [4.78, 5) is 0. The van der Waals surface area contributed by atoms with Crippen molar-refractivity contribution in [3.8, 4) is 0 Å². The van der Waals surface area contributed by atoms with Crippen LogP contribution in [0.15, 0.2) is 12.2 Å². The average molecular weight is 497 g/mol. The number of hydrogen-bond acceptors (Lipinski definition) is 0. The molecule has 1 unspecified atom stereocenters. The zero-order valence-electron chi connectivity index (χ0n) is 22.3. The first-order valence-electron chi connectivity index (χ1n) is 11.8. The van der Waals surface area contributed by atoms with Gasteiger partial charge in [0.2, 0.25) is 0 Å². The third-order valence-corrected chi connectivity index (χ3v) is 8.06. The summed E-state index contributed by atoms with van der Waals surface area (Å²) in [5.74, 6) is 15.5. The summed E-state index contributed by atoms with van der Waals surface area (Å²) >= 11 is 0. The second kappa shape index (κ2) is 15.0. The summed E-state index contributed by atoms with van der Waals surface area (Å²) in [7, 11) is 0. The van der Waals surface area contributed by atoms with Crippen LogP contribution in [0.25, 0.3) is 0 Å². The van der Waals surface area contributed by atoms with Crippen LogP contribution < -0.4 is 0 Å². The molecule has 3 fully saturated rings. The number of hydrogen-bond donors (Lipinski definition) is 0. The third kappa shape index (κ3) is 8.53. The second-order valence-corrected chi connectivity index (χ2v) is 9.49. The van der Waals surface area contributed by atoms with Crippen molar-refractivity contribution < 1.29 is 32.7 Å². The molecule has 3 saturated carbocycles. The Labute approximate surface area is 223 Å². The Kier molecular flexibility index (Phi) is 15.4. The summed E-state index contributed by atoms with van der Waals surface area (Å²) in [6, 6.07) is 0. The Morgan fingerprint density at radius 1 is 0.613 bits per heavy atom. The normalized spacial score (nSPS) is 27.1. The molecule has 1 atom stereocenters. The molecule has 3 aliphatic carbocycles. The van der Waals surface area contributed by atoms with Crippen molar-refractivity contribution in [3.05, 3.63) is 78.3 Å². The monoisotopic (exact) mass is 496 g/mol. The Bertz CT molecular complexity index is 375. The van der Waals surface area contributed by atoms with Crippen LogP contribution in [-0.2, 0) is 32.7 Å². The van der Waals surface area contributed by atoms with Gasteiger partial charge in [0, 0.05) is 32.7 Å². The van der Waals surface area contributed by atoms with Crippen LogP contribution in [0.1, 0.15) is 108 Å². The van der Waals surface area contributed by atoms with E-state index in [0.717, 1.165) is 12.3 Å². The fourth-order valence-electron chi connectivity index (χ4n) is 4.56. The maximum absolute atomic E-state index is 4.09. The molecule has 0 nitrogen and oxygen atoms in total. The molecule has 0 bridgehead atoms. The Morgan fingerprint density at radius 2 is 0.903 bits per heavy atom. The van der Waals surface area contributed by atoms with Crippen LogP contribution in [-0.4, -0.2) is 0 Å². The molecular formula is C30H47Y-. The molecule has 11 radical (unpaired) electrons. The molecule has 1 heteroatoms. The summed E-state index contributed by atoms with van der Waals surface area (Å²) in [6.07, 6.45) is 7.75. The van der Waals surface area contributed by atoms with Gasteiger partial charge in [0.1, 0.15) is 0 Å². The predicted octanol–water partition coefficient (Wildman–Crippen LogP) is 9.29. The Balaban J connectivity index is 0.000000429. The van der Waals surface area contributed by atoms with Gasteiger partial charge in [0.15, 0.2) is 0 Å². The van der Waals surface area contributed by atoms with Gasteiger partial charge >= 0.3 is 0 Å². The molecule has 0 aromatic rings. The van der Waals surface area contributed by atoms with E-state index in [4.69, 9.17) is 0 Å². The van der Waals surface area contributed by atoms with E-state index in [1.165, 1.54) is 96.9 Å². The molecule has 0 aliphatic heterocycles. The van der Waals surface area contributed by atoms with Crippen LogP contribution >= 0.6 is 0 Å². The minimum atomic E-state index is 0. The van der Waals surface area contributed by atoms with Crippen molar-refractivity contribution in [1.82, 2.24) is 0 Å². The molecule has 31 heavy (non-hydrogen) atoms. The van der Waals surface area contributed by atoms with E-state index < -0.39 is 0 Å². The maximum atomic E-state index is 4.09. The van der Waals surface area contributed by atoms with Gasteiger partial charge in [-0.05, 0) is 84.4 Å². The number of allylic oxidation sites excluding steroid dienone is 1. The van der Waals surface area contributed by atoms with Gasteiger partial charge in [-0.25, -0.2) is 0 Å². The zero-order chi connectivity index (χ0) is 23.2. The Hall–Kier alpha value is 0.844. The molecule has 3 rings (SSSR count). The Morgan fingerprint density at radius 3 is 1.13 bits per heavy atom. The van der Waals surface area contributed by atoms with Crippen LogP contribution in [0.5, 0.6) is 0 Å². The predicted molar refractivity (Wildman–Crippen MR) is 135 cm³/mol. The first kappa shape index (κ1) is 31.8. The van der Waals surface area contributed by atoms with E-state index >= 15 is 0 Å². The van der Waals surface area contributed by atoms with Crippen LogP contribution in [0.4, 0.5) is 0 Å². The summed E-state index contributed by atoms with van der Waals surface area (Å²) in [5.41, 5.74) is 1.48. The third-order valence-electron chi connectivity index (χ3n) is 8.06. The van der Waals surface area contributed by atoms with E-state index in [2.05, 4.69) is 82.7 Å². The maximum Gasteiger partial charge on any atom is 0 e. The van der Waals surface area contributed by atoms with E-state index in [9.17, 15) is 0 Å². The minimum absolute atomic E-state index is 0. The first-order chi connectivity index (χ1) is 13.9. The van der Waals surface area contributed by atoms with Gasteiger partial charge in [-0.2, -0.15) is 6.42 Å². The van der Waals surface area contributed by atoms with Crippen molar-refractivity contribution in [2.24, 2.45) is 5.92 Å². The molecule has 0 spiro atoms. The molecule has 0 saturated heterocycles. The zero-order valence-corrected chi connectivity index (χ0v) is 25.1. The molecule has 0 aromatic carbocycles. The average Bonchev–Trinajstić information content (AvgIpc) is 3.01. The van der Waals surface area contributed by atoms with Crippen molar-refractivity contribution in [3.63, 3.8) is 0 Å². The van der Waals surface area contributed by atoms with Crippen LogP contribution in [0, 0.1) is 72.0 Å². The van der Waals surface area contributed by atoms with E-state index in [-0.39, 0.29) is 32.7 Å². The smallest absolute Gasteiger partial charge is 0 e. The van der Waals surface area contributed by atoms with Crippen molar-refractivity contribution >= 4 is 0 Å². The molecule has 0 aromatic heterocycles. The van der Waals surface area contributed by atoms with Gasteiger partial charge in [0.05, 0.1) is 0 Å². The van der Waals surface area contributed by atoms with Gasteiger partial charge in [-0.15, -0.1) is 0 Å². The molecule has 0 heterocycles. The van der Waals surface area contributed by atoms with Gasteiger partial charge < -0.3 is 6.92 Å². The second-order valence-electron chi connectivity index (χ2n) is 9.49. The van der Waals surface area contributed by atoms with Crippen molar-refractivity contribution in [1.29, 1.82) is 0 Å². The molecule has 0 amide bonds. The first-order valence-corrected chi connectivity index (χ1v) is 11.8. The van der Waals surface area contributed by atoms with Crippen LogP contribution in [0.2, 0.25) is 0 Å². The standard InChI is InChI=1S/2C10H15.C10H17.Y/c2*1-6-7(2)9(4)10(5)8(6)3;1-3-6-10-8-5-4-7-9(10)2;/h2*1-5H3;10H,1-8H2;/q;;-1;. The van der Waals surface area contributed by atoms with Crippen molar-refractivity contribution in [2.45, 2.75) is 108 Å². The summed E-state index contributed by atoms with van der Waals surface area (Å²) in [5, 5.41) is 0. The van der Waals surface area contributed by atoms with Crippen molar-refractivity contribution in [2.75, 3.05) is 0 Å². The molecule has 171 valence electrons. The summed E-state index contributed by atoms with van der Waals surface area (Å²) < 4.78 is 0. The SMILES string of the molecule is C=C1CCCCC1CC[CH2-].C[C]1[C](C)[C](C)[C](C)[C]1C.C[C]1[C](C)[C](C)[C](C)[C]1C.[Y]. The molecule has 3 aliphatic rings. The number of rotatable bonds is 2.